The van der Waals surface area contributed by atoms with Crippen molar-refractivity contribution >= 4 is 43.1 Å². The normalized spacial score (nSPS) is 11.3. The van der Waals surface area contributed by atoms with Crippen molar-refractivity contribution in [3.8, 4) is 26.9 Å². The van der Waals surface area contributed by atoms with Gasteiger partial charge in [0.1, 0.15) is 21.3 Å². The summed E-state index contributed by atoms with van der Waals surface area (Å²) in [5.41, 5.74) is 4.15. The molecule has 0 aliphatic carbocycles. The number of fused-ring (bicyclic) bond motifs is 3. The standard InChI is InChI=1S/C21H14N2OS2/c1-24-16-12-15-18(25-20(22-15)13-8-4-2-5-9-13)17-19(16)26-21(23-17)14-10-6-3-7-11-14/h2-12H,1H3. The summed E-state index contributed by atoms with van der Waals surface area (Å²) in [7, 11) is 1.70. The van der Waals surface area contributed by atoms with Crippen molar-refractivity contribution in [3.63, 3.8) is 0 Å². The largest absolute Gasteiger partial charge is 0.495 e. The molecule has 2 heterocycles. The summed E-state index contributed by atoms with van der Waals surface area (Å²) in [4.78, 5) is 9.76. The van der Waals surface area contributed by atoms with Crippen LogP contribution >= 0.6 is 22.7 Å². The molecule has 0 aliphatic rings. The lowest BCUT2D eigenvalue weighted by atomic mass is 10.2. The Morgan fingerprint density at radius 1 is 0.731 bits per heavy atom. The highest BCUT2D eigenvalue weighted by Gasteiger charge is 2.17. The molecule has 0 saturated heterocycles. The van der Waals surface area contributed by atoms with Gasteiger partial charge in [-0.25, -0.2) is 9.97 Å². The van der Waals surface area contributed by atoms with E-state index < -0.39 is 0 Å². The Hall–Kier alpha value is -2.76. The van der Waals surface area contributed by atoms with E-state index in [1.54, 1.807) is 29.8 Å². The molecule has 0 N–H and O–H groups in total. The van der Waals surface area contributed by atoms with Crippen LogP contribution in [-0.4, -0.2) is 17.1 Å². The van der Waals surface area contributed by atoms with Crippen LogP contribution in [0, 0.1) is 0 Å². The monoisotopic (exact) mass is 374 g/mol. The average Bonchev–Trinajstić information content (AvgIpc) is 3.33. The lowest BCUT2D eigenvalue weighted by Gasteiger charge is -2.00. The summed E-state index contributed by atoms with van der Waals surface area (Å²) in [6.45, 7) is 0. The van der Waals surface area contributed by atoms with Gasteiger partial charge in [0.2, 0.25) is 0 Å². The predicted molar refractivity (Wildman–Crippen MR) is 110 cm³/mol. The number of aromatic nitrogens is 2. The van der Waals surface area contributed by atoms with Gasteiger partial charge in [-0.2, -0.15) is 0 Å². The topological polar surface area (TPSA) is 35.0 Å². The number of hydrogen-bond donors (Lipinski definition) is 0. The van der Waals surface area contributed by atoms with Crippen LogP contribution in [0.15, 0.2) is 66.7 Å². The van der Waals surface area contributed by atoms with E-state index in [-0.39, 0.29) is 0 Å². The summed E-state index contributed by atoms with van der Waals surface area (Å²) < 4.78 is 7.82. The van der Waals surface area contributed by atoms with Gasteiger partial charge < -0.3 is 4.74 Å². The van der Waals surface area contributed by atoms with Crippen molar-refractivity contribution in [2.75, 3.05) is 7.11 Å². The minimum Gasteiger partial charge on any atom is -0.495 e. The van der Waals surface area contributed by atoms with Gasteiger partial charge in [0, 0.05) is 17.2 Å². The van der Waals surface area contributed by atoms with Gasteiger partial charge in [0.25, 0.3) is 0 Å². The van der Waals surface area contributed by atoms with Crippen molar-refractivity contribution in [3.05, 3.63) is 66.7 Å². The molecule has 5 aromatic rings. The smallest absolute Gasteiger partial charge is 0.140 e. The zero-order valence-electron chi connectivity index (χ0n) is 14.0. The molecule has 0 fully saturated rings. The average molecular weight is 374 g/mol. The van der Waals surface area contributed by atoms with Crippen LogP contribution in [0.4, 0.5) is 0 Å². The predicted octanol–water partition coefficient (Wildman–Crippen LogP) is 6.25. The first-order valence-corrected chi connectivity index (χ1v) is 9.86. The number of ether oxygens (including phenoxy) is 1. The second-order valence-electron chi connectivity index (χ2n) is 5.87. The summed E-state index contributed by atoms with van der Waals surface area (Å²) >= 11 is 3.35. The van der Waals surface area contributed by atoms with Crippen LogP contribution in [0.3, 0.4) is 0 Å². The summed E-state index contributed by atoms with van der Waals surface area (Å²) in [5.74, 6) is 0.831. The van der Waals surface area contributed by atoms with E-state index in [2.05, 4.69) is 24.3 Å². The second kappa shape index (κ2) is 6.20. The zero-order valence-corrected chi connectivity index (χ0v) is 15.6. The fourth-order valence-electron chi connectivity index (χ4n) is 2.99. The molecule has 0 unspecified atom stereocenters. The number of nitrogens with zero attached hydrogens (tertiary/aromatic N) is 2. The van der Waals surface area contributed by atoms with E-state index in [1.807, 2.05) is 42.5 Å². The first kappa shape index (κ1) is 15.5. The van der Waals surface area contributed by atoms with Crippen LogP contribution in [0.2, 0.25) is 0 Å². The highest BCUT2D eigenvalue weighted by molar-refractivity contribution is 7.25. The third-order valence-electron chi connectivity index (χ3n) is 4.25. The molecule has 3 aromatic carbocycles. The number of rotatable bonds is 3. The van der Waals surface area contributed by atoms with Gasteiger partial charge >= 0.3 is 0 Å². The molecule has 0 aliphatic heterocycles. The van der Waals surface area contributed by atoms with Crippen LogP contribution in [0.5, 0.6) is 5.75 Å². The van der Waals surface area contributed by atoms with Gasteiger partial charge in [0.05, 0.1) is 22.0 Å². The highest BCUT2D eigenvalue weighted by Crippen LogP contribution is 2.43. The maximum atomic E-state index is 5.63. The maximum absolute atomic E-state index is 5.63. The molecule has 0 spiro atoms. The van der Waals surface area contributed by atoms with Crippen molar-refractivity contribution < 1.29 is 4.74 Å². The molecule has 3 nitrogen and oxygen atoms in total. The minimum atomic E-state index is 0.831. The molecular formula is C21H14N2OS2. The van der Waals surface area contributed by atoms with Gasteiger partial charge in [-0.05, 0) is 0 Å². The van der Waals surface area contributed by atoms with E-state index >= 15 is 0 Å². The van der Waals surface area contributed by atoms with Crippen molar-refractivity contribution in [1.82, 2.24) is 9.97 Å². The van der Waals surface area contributed by atoms with Crippen LogP contribution in [0.25, 0.3) is 41.6 Å². The number of thiazole rings is 2. The molecule has 0 radical (unpaired) electrons. The Morgan fingerprint density at radius 3 is 1.92 bits per heavy atom. The van der Waals surface area contributed by atoms with Gasteiger partial charge in [-0.15, -0.1) is 22.7 Å². The zero-order chi connectivity index (χ0) is 17.5. The quantitative estimate of drug-likeness (QED) is 0.374. The van der Waals surface area contributed by atoms with Crippen LogP contribution < -0.4 is 4.74 Å². The number of hydrogen-bond acceptors (Lipinski definition) is 5. The molecule has 126 valence electrons. The molecular weight excluding hydrogens is 360 g/mol. The highest BCUT2D eigenvalue weighted by atomic mass is 32.1. The van der Waals surface area contributed by atoms with Gasteiger partial charge in [-0.3, -0.25) is 0 Å². The Morgan fingerprint density at radius 2 is 1.31 bits per heavy atom. The van der Waals surface area contributed by atoms with Crippen molar-refractivity contribution in [1.29, 1.82) is 0 Å². The Kier molecular flexibility index (Phi) is 3.69. The molecule has 0 saturated carbocycles. The summed E-state index contributed by atoms with van der Waals surface area (Å²) in [6.07, 6.45) is 0. The van der Waals surface area contributed by atoms with Crippen molar-refractivity contribution in [2.24, 2.45) is 0 Å². The molecule has 5 rings (SSSR count). The van der Waals surface area contributed by atoms with E-state index in [4.69, 9.17) is 14.7 Å². The molecule has 0 amide bonds. The van der Waals surface area contributed by atoms with Crippen LogP contribution in [0.1, 0.15) is 0 Å². The molecule has 2 aromatic heterocycles. The summed E-state index contributed by atoms with van der Waals surface area (Å²) in [5, 5.41) is 2.01. The van der Waals surface area contributed by atoms with Crippen molar-refractivity contribution in [2.45, 2.75) is 0 Å². The Balaban J connectivity index is 1.78. The maximum Gasteiger partial charge on any atom is 0.140 e. The SMILES string of the molecule is COc1cc2nc(-c3ccccc3)sc2c2nc(-c3ccccc3)sc12. The fraction of sp³-hybridized carbons (Fsp3) is 0.0476. The molecule has 0 bridgehead atoms. The van der Waals surface area contributed by atoms with E-state index in [0.717, 1.165) is 47.3 Å². The Labute approximate surface area is 158 Å². The van der Waals surface area contributed by atoms with E-state index in [9.17, 15) is 0 Å². The third-order valence-corrected chi connectivity index (χ3v) is 6.49. The molecule has 5 heteroatoms. The lowest BCUT2D eigenvalue weighted by molar-refractivity contribution is 0.421. The molecule has 26 heavy (non-hydrogen) atoms. The van der Waals surface area contributed by atoms with Gasteiger partial charge in [-0.1, -0.05) is 60.7 Å². The van der Waals surface area contributed by atoms with E-state index in [0.29, 0.717) is 0 Å². The minimum absolute atomic E-state index is 0.831. The first-order valence-electron chi connectivity index (χ1n) is 8.22. The number of benzene rings is 3. The molecule has 0 atom stereocenters. The number of methoxy groups -OCH3 is 1. The summed E-state index contributed by atoms with van der Waals surface area (Å²) in [6, 6.07) is 22.5. The van der Waals surface area contributed by atoms with Gasteiger partial charge in [0.15, 0.2) is 0 Å². The van der Waals surface area contributed by atoms with E-state index in [1.165, 1.54) is 0 Å². The Bertz CT molecular complexity index is 1210. The van der Waals surface area contributed by atoms with Crippen LogP contribution in [-0.2, 0) is 0 Å². The first-order chi connectivity index (χ1) is 12.8. The third kappa shape index (κ3) is 2.48. The lowest BCUT2D eigenvalue weighted by Crippen LogP contribution is -1.83. The second-order valence-corrected chi connectivity index (χ2v) is 7.87. The fourth-order valence-corrected chi connectivity index (χ4v) is 5.17.